The first kappa shape index (κ1) is 17.3. The Kier molecular flexibility index (Phi) is 6.44. The topological polar surface area (TPSA) is 52.0 Å². The summed E-state index contributed by atoms with van der Waals surface area (Å²) < 4.78 is 0. The molecule has 1 aliphatic carbocycles. The highest BCUT2D eigenvalue weighted by Crippen LogP contribution is 2.32. The molecule has 1 aromatic rings. The first-order valence-corrected chi connectivity index (χ1v) is 7.62. The fraction of sp³-hybridized carbons (Fsp3) is 0.368. The van der Waals surface area contributed by atoms with Crippen LogP contribution in [0.1, 0.15) is 43.9 Å². The number of hydrogen-bond acceptors (Lipinski definition) is 2. The Morgan fingerprint density at radius 1 is 1.05 bits per heavy atom. The van der Waals surface area contributed by atoms with E-state index in [0.717, 1.165) is 28.8 Å². The average Bonchev–Trinajstić information content (AvgIpc) is 2.54. The second-order valence-corrected chi connectivity index (χ2v) is 5.41. The van der Waals surface area contributed by atoms with Crippen LogP contribution in [0.3, 0.4) is 0 Å². The van der Waals surface area contributed by atoms with Crippen LogP contribution in [0, 0.1) is 0 Å². The van der Waals surface area contributed by atoms with Gasteiger partial charge in [0.05, 0.1) is 0 Å². The summed E-state index contributed by atoms with van der Waals surface area (Å²) in [6.45, 7) is 14.5. The molecule has 2 heteroatoms. The van der Waals surface area contributed by atoms with Gasteiger partial charge in [-0.3, -0.25) is 0 Å². The van der Waals surface area contributed by atoms with Crippen molar-refractivity contribution in [2.24, 2.45) is 11.5 Å². The predicted octanol–water partition coefficient (Wildman–Crippen LogP) is 4.01. The fourth-order valence-corrected chi connectivity index (χ4v) is 2.36. The second kappa shape index (κ2) is 7.84. The van der Waals surface area contributed by atoms with E-state index in [2.05, 4.69) is 45.2 Å². The van der Waals surface area contributed by atoms with Crippen molar-refractivity contribution >= 4 is 0 Å². The third-order valence-electron chi connectivity index (χ3n) is 3.95. The van der Waals surface area contributed by atoms with Crippen LogP contribution in [-0.4, -0.2) is 0 Å². The van der Waals surface area contributed by atoms with Gasteiger partial charge in [-0.25, -0.2) is 0 Å². The van der Waals surface area contributed by atoms with Crippen molar-refractivity contribution in [3.8, 4) is 0 Å². The quantitative estimate of drug-likeness (QED) is 0.878. The number of hydrogen-bond donors (Lipinski definition) is 2. The summed E-state index contributed by atoms with van der Waals surface area (Å²) in [6.07, 6.45) is 3.52. The maximum Gasteiger partial charge on any atom is 0.0423 e. The van der Waals surface area contributed by atoms with Gasteiger partial charge in [0.1, 0.15) is 0 Å². The van der Waals surface area contributed by atoms with Gasteiger partial charge in [0.25, 0.3) is 0 Å². The van der Waals surface area contributed by atoms with Gasteiger partial charge in [-0.2, -0.15) is 0 Å². The third-order valence-corrected chi connectivity index (χ3v) is 3.95. The summed E-state index contributed by atoms with van der Waals surface area (Å²) in [6, 6.07) is 6.61. The van der Waals surface area contributed by atoms with Crippen molar-refractivity contribution in [3.05, 3.63) is 70.5 Å². The van der Waals surface area contributed by atoms with Crippen molar-refractivity contribution in [3.63, 3.8) is 0 Å². The van der Waals surface area contributed by atoms with E-state index in [1.54, 1.807) is 0 Å². The van der Waals surface area contributed by atoms with E-state index in [1.165, 1.54) is 29.5 Å². The van der Waals surface area contributed by atoms with Gasteiger partial charge in [-0.1, -0.05) is 51.6 Å². The number of benzene rings is 1. The third kappa shape index (κ3) is 4.08. The van der Waals surface area contributed by atoms with Crippen molar-refractivity contribution in [2.45, 2.75) is 46.6 Å². The minimum Gasteiger partial charge on any atom is -0.398 e. The largest absolute Gasteiger partial charge is 0.398 e. The zero-order valence-corrected chi connectivity index (χ0v) is 13.6. The average molecular weight is 284 g/mol. The minimum atomic E-state index is 0.652. The van der Waals surface area contributed by atoms with Gasteiger partial charge in [0.15, 0.2) is 0 Å². The molecule has 0 amide bonds. The van der Waals surface area contributed by atoms with E-state index >= 15 is 0 Å². The molecule has 4 N–H and O–H groups in total. The summed E-state index contributed by atoms with van der Waals surface area (Å²) in [4.78, 5) is 0. The van der Waals surface area contributed by atoms with E-state index in [0.29, 0.717) is 6.54 Å². The first-order valence-electron chi connectivity index (χ1n) is 7.62. The highest BCUT2D eigenvalue weighted by molar-refractivity contribution is 5.65. The highest BCUT2D eigenvalue weighted by atomic mass is 14.6. The molecule has 1 aliphatic rings. The van der Waals surface area contributed by atoms with Gasteiger partial charge < -0.3 is 11.5 Å². The zero-order valence-electron chi connectivity index (χ0n) is 13.6. The van der Waals surface area contributed by atoms with Crippen molar-refractivity contribution in [2.75, 3.05) is 0 Å². The maximum absolute atomic E-state index is 5.60. The lowest BCUT2D eigenvalue weighted by Gasteiger charge is -2.22. The zero-order chi connectivity index (χ0) is 16.0. The van der Waals surface area contributed by atoms with Crippen molar-refractivity contribution in [1.82, 2.24) is 0 Å². The molecule has 21 heavy (non-hydrogen) atoms. The minimum absolute atomic E-state index is 0.652. The number of rotatable bonds is 4. The van der Waals surface area contributed by atoms with Gasteiger partial charge >= 0.3 is 0 Å². The molecule has 114 valence electrons. The molecule has 0 unspecified atom stereocenters. The van der Waals surface area contributed by atoms with Crippen LogP contribution in [0.4, 0.5) is 0 Å². The maximum atomic E-state index is 5.60. The molecule has 0 radical (unpaired) electrons. The smallest absolute Gasteiger partial charge is 0.0423 e. The Hall–Kier alpha value is -1.80. The monoisotopic (exact) mass is 284 g/mol. The molecule has 0 bridgehead atoms. The highest BCUT2D eigenvalue weighted by Gasteiger charge is 2.18. The summed E-state index contributed by atoms with van der Waals surface area (Å²) in [5, 5.41) is 0. The molecule has 0 aromatic heterocycles. The summed E-state index contributed by atoms with van der Waals surface area (Å²) in [5.74, 6) is 0. The fourth-order valence-electron chi connectivity index (χ4n) is 2.36. The van der Waals surface area contributed by atoms with Crippen molar-refractivity contribution < 1.29 is 0 Å². The van der Waals surface area contributed by atoms with Crippen LogP contribution in [0.25, 0.3) is 0 Å². The van der Waals surface area contributed by atoms with E-state index in [1.807, 2.05) is 6.92 Å². The molecule has 0 spiro atoms. The van der Waals surface area contributed by atoms with Crippen LogP contribution in [0.15, 0.2) is 53.8 Å². The lowest BCUT2D eigenvalue weighted by atomic mass is 9.86. The van der Waals surface area contributed by atoms with Crippen LogP contribution in [0.5, 0.6) is 0 Å². The molecule has 1 aromatic carbocycles. The molecule has 0 fully saturated rings. The van der Waals surface area contributed by atoms with Gasteiger partial charge in [-0.05, 0) is 53.2 Å². The molecule has 2 rings (SSSR count). The molecular formula is C19H28N2. The molecule has 0 saturated heterocycles. The molecule has 0 atom stereocenters. The van der Waals surface area contributed by atoms with Crippen LogP contribution >= 0.6 is 0 Å². The Morgan fingerprint density at radius 3 is 2.10 bits per heavy atom. The Labute approximate surface area is 129 Å². The molecule has 2 nitrogen and oxygen atoms in total. The normalized spacial score (nSPS) is 13.7. The second-order valence-electron chi connectivity index (χ2n) is 5.41. The van der Waals surface area contributed by atoms with E-state index in [9.17, 15) is 0 Å². The van der Waals surface area contributed by atoms with Crippen LogP contribution in [-0.2, 0) is 19.4 Å². The number of nitrogens with two attached hydrogens (primary N) is 2. The standard InChI is InChI=1S/C12H19N.C7H9N/c1-3-5-12-7-6-10(9-13)8-11(12)4-2;1-4-5(2)7(8)6(4)3/h6-8H,3-5,9,13H2,1-2H3;1-2,8H2,3H3. The van der Waals surface area contributed by atoms with E-state index in [-0.39, 0.29) is 0 Å². The summed E-state index contributed by atoms with van der Waals surface area (Å²) >= 11 is 0. The number of allylic oxidation sites excluding steroid dienone is 2. The summed E-state index contributed by atoms with van der Waals surface area (Å²) in [7, 11) is 0. The van der Waals surface area contributed by atoms with E-state index in [4.69, 9.17) is 11.5 Å². The van der Waals surface area contributed by atoms with Gasteiger partial charge in [0.2, 0.25) is 0 Å². The Morgan fingerprint density at radius 2 is 1.71 bits per heavy atom. The first-order chi connectivity index (χ1) is 9.96. The SMILES string of the molecule is C=C1C(=C)C(N)=C1C.CCCc1ccc(CN)cc1CC. The molecule has 0 saturated carbocycles. The Bertz CT molecular complexity index is 543. The lowest BCUT2D eigenvalue weighted by molar-refractivity contribution is 0.894. The Balaban J connectivity index is 0.000000235. The predicted molar refractivity (Wildman–Crippen MR) is 92.9 cm³/mol. The van der Waals surface area contributed by atoms with Crippen LogP contribution < -0.4 is 11.5 Å². The van der Waals surface area contributed by atoms with E-state index < -0.39 is 0 Å². The molecule has 0 aliphatic heterocycles. The van der Waals surface area contributed by atoms with Gasteiger partial charge in [0, 0.05) is 12.2 Å². The van der Waals surface area contributed by atoms with Crippen molar-refractivity contribution in [1.29, 1.82) is 0 Å². The lowest BCUT2D eigenvalue weighted by Crippen LogP contribution is -2.15. The molecule has 0 heterocycles. The van der Waals surface area contributed by atoms with Crippen LogP contribution in [0.2, 0.25) is 0 Å². The van der Waals surface area contributed by atoms with Gasteiger partial charge in [-0.15, -0.1) is 0 Å². The number of aryl methyl sites for hydroxylation is 2. The summed E-state index contributed by atoms with van der Waals surface area (Å²) in [5.41, 5.74) is 19.1. The molecular weight excluding hydrogens is 256 g/mol.